The van der Waals surface area contributed by atoms with Gasteiger partial charge in [0, 0.05) is 5.69 Å². The molecular formula is C18H18N2O. The SMILES string of the molecule is C=CC1COC(=Nc2ccc(C)cc2)N1c1ccccc1. The molecule has 21 heavy (non-hydrogen) atoms. The number of hydrogen-bond donors (Lipinski definition) is 0. The van der Waals surface area contributed by atoms with E-state index >= 15 is 0 Å². The van der Waals surface area contributed by atoms with E-state index in [-0.39, 0.29) is 6.04 Å². The van der Waals surface area contributed by atoms with E-state index in [1.165, 1.54) is 5.56 Å². The number of rotatable bonds is 3. The third-order valence-electron chi connectivity index (χ3n) is 3.49. The van der Waals surface area contributed by atoms with E-state index in [0.29, 0.717) is 12.6 Å². The largest absolute Gasteiger partial charge is 0.462 e. The van der Waals surface area contributed by atoms with E-state index in [1.807, 2.05) is 48.5 Å². The molecule has 0 aliphatic carbocycles. The van der Waals surface area contributed by atoms with Gasteiger partial charge in [0.05, 0.1) is 11.7 Å². The zero-order chi connectivity index (χ0) is 14.7. The van der Waals surface area contributed by atoms with Crippen molar-refractivity contribution in [3.05, 3.63) is 72.8 Å². The van der Waals surface area contributed by atoms with Crippen molar-refractivity contribution >= 4 is 17.4 Å². The number of nitrogens with zero attached hydrogens (tertiary/aromatic N) is 2. The minimum atomic E-state index is 0.108. The van der Waals surface area contributed by atoms with Gasteiger partial charge in [0.15, 0.2) is 0 Å². The normalized spacial score (nSPS) is 19.6. The lowest BCUT2D eigenvalue weighted by Gasteiger charge is -2.21. The Labute approximate surface area is 125 Å². The molecule has 2 aromatic carbocycles. The Balaban J connectivity index is 1.97. The Kier molecular flexibility index (Phi) is 3.73. The highest BCUT2D eigenvalue weighted by atomic mass is 16.5. The summed E-state index contributed by atoms with van der Waals surface area (Å²) < 4.78 is 5.76. The predicted octanol–water partition coefficient (Wildman–Crippen LogP) is 4.07. The van der Waals surface area contributed by atoms with Gasteiger partial charge in [-0.15, -0.1) is 6.58 Å². The standard InChI is InChI=1S/C18H18N2O/c1-3-16-13-21-18(19-15-11-9-14(2)10-12-15)20(16)17-7-5-4-6-8-17/h3-12,16H,1,13H2,2H3. The minimum Gasteiger partial charge on any atom is -0.462 e. The van der Waals surface area contributed by atoms with Gasteiger partial charge in [-0.25, -0.2) is 0 Å². The average molecular weight is 278 g/mol. The molecule has 1 unspecified atom stereocenters. The Morgan fingerprint density at radius 1 is 1.14 bits per heavy atom. The first-order chi connectivity index (χ1) is 10.3. The second kappa shape index (κ2) is 5.83. The fourth-order valence-corrected chi connectivity index (χ4v) is 2.33. The van der Waals surface area contributed by atoms with Crippen LogP contribution in [0.4, 0.5) is 11.4 Å². The third-order valence-corrected chi connectivity index (χ3v) is 3.49. The van der Waals surface area contributed by atoms with Gasteiger partial charge in [-0.2, -0.15) is 4.99 Å². The highest BCUT2D eigenvalue weighted by Crippen LogP contribution is 2.25. The molecule has 1 atom stereocenters. The maximum atomic E-state index is 5.76. The molecule has 0 N–H and O–H groups in total. The van der Waals surface area contributed by atoms with Crippen LogP contribution in [0, 0.1) is 6.92 Å². The lowest BCUT2D eigenvalue weighted by atomic mass is 10.2. The van der Waals surface area contributed by atoms with Crippen molar-refractivity contribution in [3.63, 3.8) is 0 Å². The van der Waals surface area contributed by atoms with E-state index < -0.39 is 0 Å². The summed E-state index contributed by atoms with van der Waals surface area (Å²) in [7, 11) is 0. The van der Waals surface area contributed by atoms with Crippen LogP contribution in [-0.4, -0.2) is 18.7 Å². The Bertz CT molecular complexity index is 647. The van der Waals surface area contributed by atoms with Crippen LogP contribution in [0.15, 0.2) is 72.2 Å². The second-order valence-electron chi connectivity index (χ2n) is 5.05. The Hall–Kier alpha value is -2.55. The molecule has 0 bridgehead atoms. The van der Waals surface area contributed by atoms with Crippen LogP contribution in [0.3, 0.4) is 0 Å². The summed E-state index contributed by atoms with van der Waals surface area (Å²) in [5.41, 5.74) is 3.17. The number of ether oxygens (including phenoxy) is 1. The maximum absolute atomic E-state index is 5.76. The van der Waals surface area contributed by atoms with Crippen molar-refractivity contribution < 1.29 is 4.74 Å². The molecule has 1 aliphatic heterocycles. The van der Waals surface area contributed by atoms with Gasteiger partial charge in [0.25, 0.3) is 6.02 Å². The summed E-state index contributed by atoms with van der Waals surface area (Å²) in [6, 6.07) is 18.9. The highest BCUT2D eigenvalue weighted by Gasteiger charge is 2.30. The summed E-state index contributed by atoms with van der Waals surface area (Å²) in [5.74, 6) is 0. The van der Waals surface area contributed by atoms with Crippen molar-refractivity contribution in [2.75, 3.05) is 11.5 Å². The summed E-state index contributed by atoms with van der Waals surface area (Å²) >= 11 is 0. The van der Waals surface area contributed by atoms with Crippen LogP contribution in [0.25, 0.3) is 0 Å². The van der Waals surface area contributed by atoms with Crippen molar-refractivity contribution in [2.24, 2.45) is 4.99 Å². The topological polar surface area (TPSA) is 24.8 Å². The van der Waals surface area contributed by atoms with Crippen molar-refractivity contribution in [1.29, 1.82) is 0 Å². The number of aliphatic imine (C=N–C) groups is 1. The predicted molar refractivity (Wildman–Crippen MR) is 87.1 cm³/mol. The van der Waals surface area contributed by atoms with E-state index in [4.69, 9.17) is 4.74 Å². The molecule has 2 aromatic rings. The van der Waals surface area contributed by atoms with Crippen LogP contribution in [0.2, 0.25) is 0 Å². The first kappa shape index (κ1) is 13.4. The number of hydrogen-bond acceptors (Lipinski definition) is 2. The smallest absolute Gasteiger partial charge is 0.297 e. The van der Waals surface area contributed by atoms with Crippen LogP contribution < -0.4 is 4.90 Å². The first-order valence-electron chi connectivity index (χ1n) is 7.03. The fraction of sp³-hybridized carbons (Fsp3) is 0.167. The quantitative estimate of drug-likeness (QED) is 0.790. The van der Waals surface area contributed by atoms with Gasteiger partial charge in [-0.05, 0) is 31.2 Å². The number of benzene rings is 2. The second-order valence-corrected chi connectivity index (χ2v) is 5.05. The van der Waals surface area contributed by atoms with E-state index in [2.05, 4.69) is 35.5 Å². The molecule has 0 spiro atoms. The molecular weight excluding hydrogens is 260 g/mol. The van der Waals surface area contributed by atoms with Gasteiger partial charge in [-0.3, -0.25) is 4.90 Å². The lowest BCUT2D eigenvalue weighted by molar-refractivity contribution is 0.339. The highest BCUT2D eigenvalue weighted by molar-refractivity contribution is 5.96. The van der Waals surface area contributed by atoms with Gasteiger partial charge >= 0.3 is 0 Å². The Morgan fingerprint density at radius 2 is 1.86 bits per heavy atom. The molecule has 3 nitrogen and oxygen atoms in total. The van der Waals surface area contributed by atoms with Gasteiger partial charge in [0.2, 0.25) is 0 Å². The molecule has 1 aliphatic rings. The van der Waals surface area contributed by atoms with Gasteiger partial charge < -0.3 is 4.74 Å². The maximum Gasteiger partial charge on any atom is 0.297 e. The van der Waals surface area contributed by atoms with Crippen LogP contribution >= 0.6 is 0 Å². The molecule has 1 saturated heterocycles. The average Bonchev–Trinajstić information content (AvgIpc) is 2.93. The first-order valence-corrected chi connectivity index (χ1v) is 7.03. The number of para-hydroxylation sites is 1. The molecule has 0 radical (unpaired) electrons. The number of aryl methyl sites for hydroxylation is 1. The zero-order valence-electron chi connectivity index (χ0n) is 12.1. The summed E-state index contributed by atoms with van der Waals surface area (Å²) in [5, 5.41) is 0. The molecule has 3 rings (SSSR count). The third kappa shape index (κ3) is 2.82. The molecule has 106 valence electrons. The van der Waals surface area contributed by atoms with Crippen molar-refractivity contribution in [2.45, 2.75) is 13.0 Å². The van der Waals surface area contributed by atoms with Crippen molar-refractivity contribution in [3.8, 4) is 0 Å². The fourth-order valence-electron chi connectivity index (χ4n) is 2.33. The summed E-state index contributed by atoms with van der Waals surface area (Å²) in [6.45, 7) is 6.53. The molecule has 0 amide bonds. The summed E-state index contributed by atoms with van der Waals surface area (Å²) in [4.78, 5) is 6.70. The van der Waals surface area contributed by atoms with Gasteiger partial charge in [0.1, 0.15) is 6.61 Å². The van der Waals surface area contributed by atoms with Crippen LogP contribution in [0.5, 0.6) is 0 Å². The van der Waals surface area contributed by atoms with E-state index in [1.54, 1.807) is 0 Å². The molecule has 3 heteroatoms. The van der Waals surface area contributed by atoms with E-state index in [9.17, 15) is 0 Å². The summed E-state index contributed by atoms with van der Waals surface area (Å²) in [6.07, 6.45) is 1.89. The number of amidine groups is 1. The molecule has 0 aromatic heterocycles. The van der Waals surface area contributed by atoms with Crippen molar-refractivity contribution in [1.82, 2.24) is 0 Å². The molecule has 1 heterocycles. The van der Waals surface area contributed by atoms with Gasteiger partial charge in [-0.1, -0.05) is 42.0 Å². The zero-order valence-corrected chi connectivity index (χ0v) is 12.1. The minimum absolute atomic E-state index is 0.108. The molecule has 1 fully saturated rings. The number of anilines is 1. The van der Waals surface area contributed by atoms with E-state index in [0.717, 1.165) is 11.4 Å². The monoisotopic (exact) mass is 278 g/mol. The Morgan fingerprint density at radius 3 is 2.52 bits per heavy atom. The van der Waals surface area contributed by atoms with Crippen LogP contribution in [0.1, 0.15) is 5.56 Å². The molecule has 0 saturated carbocycles. The van der Waals surface area contributed by atoms with Crippen LogP contribution in [-0.2, 0) is 4.74 Å². The lowest BCUT2D eigenvalue weighted by Crippen LogP contribution is -2.32.